The van der Waals surface area contributed by atoms with Crippen LogP contribution in [0.2, 0.25) is 0 Å². The van der Waals surface area contributed by atoms with Crippen molar-refractivity contribution in [1.82, 2.24) is 14.9 Å². The summed E-state index contributed by atoms with van der Waals surface area (Å²) in [6, 6.07) is 16.1. The fourth-order valence-corrected chi connectivity index (χ4v) is 2.68. The van der Waals surface area contributed by atoms with Crippen molar-refractivity contribution < 1.29 is 4.74 Å². The van der Waals surface area contributed by atoms with Crippen molar-refractivity contribution in [2.24, 2.45) is 5.10 Å². The fraction of sp³-hybridized carbons (Fsp3) is 0.250. The van der Waals surface area contributed by atoms with Crippen LogP contribution in [-0.4, -0.2) is 21.1 Å². The van der Waals surface area contributed by atoms with Gasteiger partial charge in [0.2, 0.25) is 4.77 Å². The number of H-pyrrole nitrogens is 1. The lowest BCUT2D eigenvalue weighted by Crippen LogP contribution is -2.04. The number of aromatic amines is 1. The standard InChI is InChI=1S/C20H22N4OS/c1-14(2)16-8-10-18(11-9-16)25-13-19-22-23-20(26)24(19)21-12-17-7-5-4-6-15(17)3/h4-12,14H,13H2,1-3H3,(H,23,26)/b21-12-. The van der Waals surface area contributed by atoms with Gasteiger partial charge in [0.25, 0.3) is 0 Å². The molecule has 1 aromatic heterocycles. The zero-order chi connectivity index (χ0) is 18.5. The summed E-state index contributed by atoms with van der Waals surface area (Å²) in [7, 11) is 0. The maximum absolute atomic E-state index is 5.83. The number of benzene rings is 2. The molecule has 26 heavy (non-hydrogen) atoms. The van der Waals surface area contributed by atoms with E-state index in [2.05, 4.69) is 41.3 Å². The fourth-order valence-electron chi connectivity index (χ4n) is 2.49. The molecule has 0 saturated carbocycles. The summed E-state index contributed by atoms with van der Waals surface area (Å²) in [6.07, 6.45) is 1.78. The van der Waals surface area contributed by atoms with Gasteiger partial charge in [-0.1, -0.05) is 50.2 Å². The Bertz CT molecular complexity index is 954. The number of aryl methyl sites for hydroxylation is 1. The van der Waals surface area contributed by atoms with Crippen LogP contribution in [0.15, 0.2) is 53.6 Å². The minimum atomic E-state index is 0.277. The van der Waals surface area contributed by atoms with E-state index in [0.29, 0.717) is 16.5 Å². The molecule has 0 aliphatic carbocycles. The van der Waals surface area contributed by atoms with Gasteiger partial charge in [0.1, 0.15) is 12.4 Å². The monoisotopic (exact) mass is 366 g/mol. The highest BCUT2D eigenvalue weighted by Crippen LogP contribution is 2.19. The smallest absolute Gasteiger partial charge is 0.216 e. The van der Waals surface area contributed by atoms with E-state index in [1.807, 2.05) is 43.3 Å². The molecule has 0 saturated heterocycles. The first-order chi connectivity index (χ1) is 12.5. The minimum absolute atomic E-state index is 0.277. The average Bonchev–Trinajstić information content (AvgIpc) is 2.99. The molecule has 134 valence electrons. The van der Waals surface area contributed by atoms with Gasteiger partial charge in [-0.15, -0.1) is 0 Å². The zero-order valence-corrected chi connectivity index (χ0v) is 16.0. The lowest BCUT2D eigenvalue weighted by Gasteiger charge is -2.08. The third kappa shape index (κ3) is 4.26. The highest BCUT2D eigenvalue weighted by atomic mass is 32.1. The van der Waals surface area contributed by atoms with Gasteiger partial charge in [-0.3, -0.25) is 0 Å². The predicted molar refractivity (Wildman–Crippen MR) is 106 cm³/mol. The number of hydrogen-bond donors (Lipinski definition) is 1. The van der Waals surface area contributed by atoms with Crippen LogP contribution in [0.3, 0.4) is 0 Å². The highest BCUT2D eigenvalue weighted by Gasteiger charge is 2.07. The van der Waals surface area contributed by atoms with Crippen LogP contribution in [0.25, 0.3) is 0 Å². The van der Waals surface area contributed by atoms with Crippen molar-refractivity contribution >= 4 is 18.4 Å². The van der Waals surface area contributed by atoms with Crippen LogP contribution >= 0.6 is 12.2 Å². The van der Waals surface area contributed by atoms with Gasteiger partial charge >= 0.3 is 0 Å². The molecule has 0 aliphatic rings. The second-order valence-corrected chi connectivity index (χ2v) is 6.76. The van der Waals surface area contributed by atoms with Crippen LogP contribution in [0.1, 0.15) is 42.3 Å². The molecule has 0 aliphatic heterocycles. The summed E-state index contributed by atoms with van der Waals surface area (Å²) in [5.41, 5.74) is 3.46. The summed E-state index contributed by atoms with van der Waals surface area (Å²) in [5, 5.41) is 11.4. The summed E-state index contributed by atoms with van der Waals surface area (Å²) in [6.45, 7) is 6.65. The van der Waals surface area contributed by atoms with Gasteiger partial charge in [-0.05, 0) is 53.9 Å². The molecule has 2 aromatic carbocycles. The van der Waals surface area contributed by atoms with Crippen LogP contribution < -0.4 is 4.74 Å². The predicted octanol–water partition coefficient (Wildman–Crippen LogP) is 4.83. The maximum Gasteiger partial charge on any atom is 0.216 e. The first-order valence-corrected chi connectivity index (χ1v) is 8.94. The molecule has 0 bridgehead atoms. The van der Waals surface area contributed by atoms with Gasteiger partial charge in [-0.2, -0.15) is 14.9 Å². The first-order valence-electron chi connectivity index (χ1n) is 8.53. The van der Waals surface area contributed by atoms with Crippen molar-refractivity contribution in [3.05, 3.63) is 75.8 Å². The van der Waals surface area contributed by atoms with Crippen LogP contribution in [0.4, 0.5) is 0 Å². The molecule has 6 heteroatoms. The van der Waals surface area contributed by atoms with E-state index in [1.54, 1.807) is 10.9 Å². The quantitative estimate of drug-likeness (QED) is 0.502. The summed E-state index contributed by atoms with van der Waals surface area (Å²) >= 11 is 5.27. The largest absolute Gasteiger partial charge is 0.486 e. The van der Waals surface area contributed by atoms with E-state index in [1.165, 1.54) is 5.56 Å². The molecule has 0 amide bonds. The van der Waals surface area contributed by atoms with E-state index >= 15 is 0 Å². The molecule has 0 fully saturated rings. The molecule has 1 N–H and O–H groups in total. The number of aromatic nitrogens is 3. The summed E-state index contributed by atoms with van der Waals surface area (Å²) in [5.74, 6) is 1.90. The van der Waals surface area contributed by atoms with Crippen LogP contribution in [0.5, 0.6) is 5.75 Å². The maximum atomic E-state index is 5.83. The van der Waals surface area contributed by atoms with Gasteiger partial charge < -0.3 is 4.74 Å². The van der Waals surface area contributed by atoms with E-state index in [9.17, 15) is 0 Å². The number of hydrogen-bond acceptors (Lipinski definition) is 4. The molecule has 0 spiro atoms. The first kappa shape index (κ1) is 18.1. The molecule has 0 radical (unpaired) electrons. The van der Waals surface area contributed by atoms with Crippen LogP contribution in [-0.2, 0) is 6.61 Å². The Kier molecular flexibility index (Phi) is 5.63. The molecule has 0 atom stereocenters. The molecule has 1 heterocycles. The SMILES string of the molecule is Cc1ccccc1/C=N\n1c(COc2ccc(C(C)C)cc2)n[nH]c1=S. The van der Waals surface area contributed by atoms with E-state index in [-0.39, 0.29) is 6.61 Å². The molecule has 5 nitrogen and oxygen atoms in total. The molecule has 0 unspecified atom stereocenters. The molecule has 3 aromatic rings. The van der Waals surface area contributed by atoms with Crippen molar-refractivity contribution in [2.45, 2.75) is 33.3 Å². The number of nitrogens with zero attached hydrogens (tertiary/aromatic N) is 3. The second kappa shape index (κ2) is 8.10. The van der Waals surface area contributed by atoms with E-state index < -0.39 is 0 Å². The van der Waals surface area contributed by atoms with Crippen LogP contribution in [0, 0.1) is 11.7 Å². The van der Waals surface area contributed by atoms with Gasteiger partial charge in [0.15, 0.2) is 5.82 Å². The van der Waals surface area contributed by atoms with Crippen molar-refractivity contribution in [3.63, 3.8) is 0 Å². The number of ether oxygens (including phenoxy) is 1. The van der Waals surface area contributed by atoms with Gasteiger partial charge in [0, 0.05) is 0 Å². The third-order valence-electron chi connectivity index (χ3n) is 4.13. The summed E-state index contributed by atoms with van der Waals surface area (Å²) in [4.78, 5) is 0. The van der Waals surface area contributed by atoms with Crippen molar-refractivity contribution in [1.29, 1.82) is 0 Å². The Morgan fingerprint density at radius 1 is 1.19 bits per heavy atom. The second-order valence-electron chi connectivity index (χ2n) is 6.37. The Morgan fingerprint density at radius 2 is 1.92 bits per heavy atom. The zero-order valence-electron chi connectivity index (χ0n) is 15.1. The molecular formula is C20H22N4OS. The third-order valence-corrected chi connectivity index (χ3v) is 4.40. The molecular weight excluding hydrogens is 344 g/mol. The lowest BCUT2D eigenvalue weighted by atomic mass is 10.0. The Hall–Kier alpha value is -2.73. The highest BCUT2D eigenvalue weighted by molar-refractivity contribution is 7.71. The van der Waals surface area contributed by atoms with Gasteiger partial charge in [0.05, 0.1) is 6.21 Å². The Labute approximate surface area is 158 Å². The Balaban J connectivity index is 1.74. The normalized spacial score (nSPS) is 11.4. The topological polar surface area (TPSA) is 55.2 Å². The van der Waals surface area contributed by atoms with Crippen molar-refractivity contribution in [2.75, 3.05) is 0 Å². The van der Waals surface area contributed by atoms with E-state index in [4.69, 9.17) is 17.0 Å². The average molecular weight is 366 g/mol. The minimum Gasteiger partial charge on any atom is -0.486 e. The van der Waals surface area contributed by atoms with Crippen molar-refractivity contribution in [3.8, 4) is 5.75 Å². The van der Waals surface area contributed by atoms with E-state index in [0.717, 1.165) is 16.9 Å². The Morgan fingerprint density at radius 3 is 2.62 bits per heavy atom. The lowest BCUT2D eigenvalue weighted by molar-refractivity contribution is 0.290. The van der Waals surface area contributed by atoms with Gasteiger partial charge in [-0.25, -0.2) is 5.10 Å². The molecule has 3 rings (SSSR count). The number of nitrogens with one attached hydrogen (secondary N) is 1. The number of rotatable bonds is 6. The summed E-state index contributed by atoms with van der Waals surface area (Å²) < 4.78 is 7.85.